The number of allylic oxidation sites excluding steroid dienone is 39. The molecule has 602 valence electrons. The molecule has 0 heterocycles. The van der Waals surface area contributed by atoms with Crippen LogP contribution in [0.5, 0.6) is 0 Å². The van der Waals surface area contributed by atoms with Crippen LogP contribution in [-0.2, 0) is 65.4 Å². The molecule has 0 aliphatic heterocycles. The molecule has 0 aromatic carbocycles. The number of carbonyl (C=O) groups is 4. The SMILES string of the molecule is CC/C=C\C/C=C\C/C=C\C/C=C\C/C=C\C/C=C\CCC(=O)OCC(COP(=O)(O)OCC(O)COP(=O)(O)OCC(COC(=O)CCC/C=C\C/C=C\C/C=C\C/C=C\C/C=C\CC)OC(=O)C/C=C\C/C=C\C/C=C\C/C=C\C/C=C\CC)OC(=O)CCCCCC/C=C\C/C=C\C/C=C\C/C=C\CC. The minimum Gasteiger partial charge on any atom is -0.462 e. The molecule has 0 saturated heterocycles. The van der Waals surface area contributed by atoms with E-state index in [0.717, 1.165) is 141 Å². The number of esters is 4. The molecule has 5 atom stereocenters. The van der Waals surface area contributed by atoms with Crippen LogP contribution in [0.4, 0.5) is 0 Å². The van der Waals surface area contributed by atoms with Crippen LogP contribution in [0.25, 0.3) is 0 Å². The second-order valence-corrected chi connectivity index (χ2v) is 27.7. The molecule has 0 radical (unpaired) electrons. The van der Waals surface area contributed by atoms with Crippen LogP contribution in [-0.4, -0.2) is 96.7 Å². The molecule has 3 N–H and O–H groups in total. The van der Waals surface area contributed by atoms with Crippen molar-refractivity contribution in [3.05, 3.63) is 243 Å². The molecule has 0 aromatic heterocycles. The number of ether oxygens (including phenoxy) is 4. The molecule has 19 heteroatoms. The van der Waals surface area contributed by atoms with Crippen LogP contribution in [0.2, 0.25) is 0 Å². The van der Waals surface area contributed by atoms with Gasteiger partial charge in [-0.05, 0) is 167 Å². The molecule has 0 rings (SSSR count). The lowest BCUT2D eigenvalue weighted by Gasteiger charge is -2.21. The molecule has 0 bridgehead atoms. The van der Waals surface area contributed by atoms with E-state index in [1.54, 1.807) is 12.2 Å². The summed E-state index contributed by atoms with van der Waals surface area (Å²) in [6, 6.07) is 0. The van der Waals surface area contributed by atoms with E-state index in [9.17, 15) is 43.2 Å². The fourth-order valence-corrected chi connectivity index (χ4v) is 10.6. The Kier molecular flexibility index (Phi) is 72.8. The van der Waals surface area contributed by atoms with Gasteiger partial charge in [-0.1, -0.05) is 284 Å². The fourth-order valence-electron chi connectivity index (χ4n) is 9.05. The summed E-state index contributed by atoms with van der Waals surface area (Å²) in [4.78, 5) is 72.9. The lowest BCUT2D eigenvalue weighted by atomic mass is 10.1. The monoisotopic (exact) mass is 1540 g/mol. The van der Waals surface area contributed by atoms with E-state index in [1.165, 1.54) is 0 Å². The Morgan fingerprint density at radius 1 is 0.269 bits per heavy atom. The Morgan fingerprint density at radius 2 is 0.519 bits per heavy atom. The summed E-state index contributed by atoms with van der Waals surface area (Å²) in [5, 5.41) is 10.6. The van der Waals surface area contributed by atoms with Crippen molar-refractivity contribution < 1.29 is 80.2 Å². The smallest absolute Gasteiger partial charge is 0.462 e. The Hall–Kier alpha value is -7.14. The van der Waals surface area contributed by atoms with Crippen molar-refractivity contribution in [1.82, 2.24) is 0 Å². The van der Waals surface area contributed by atoms with Crippen LogP contribution >= 0.6 is 15.6 Å². The van der Waals surface area contributed by atoms with Gasteiger partial charge in [0.25, 0.3) is 0 Å². The largest absolute Gasteiger partial charge is 0.472 e. The van der Waals surface area contributed by atoms with E-state index < -0.39 is 97.5 Å². The number of aliphatic hydroxyl groups is 1. The van der Waals surface area contributed by atoms with Gasteiger partial charge in [-0.25, -0.2) is 9.13 Å². The van der Waals surface area contributed by atoms with Gasteiger partial charge in [0, 0.05) is 19.3 Å². The number of aliphatic hydroxyl groups excluding tert-OH is 1. The molecule has 0 aliphatic carbocycles. The molecule has 0 amide bonds. The summed E-state index contributed by atoms with van der Waals surface area (Å²) in [5.74, 6) is -2.56. The van der Waals surface area contributed by atoms with Gasteiger partial charge in [0.2, 0.25) is 0 Å². The topological polar surface area (TPSA) is 237 Å². The maximum absolute atomic E-state index is 13.1. The van der Waals surface area contributed by atoms with Gasteiger partial charge in [0.05, 0.1) is 32.8 Å². The summed E-state index contributed by atoms with van der Waals surface area (Å²) in [6.45, 7) is 4.06. The van der Waals surface area contributed by atoms with Gasteiger partial charge in [-0.2, -0.15) is 0 Å². The van der Waals surface area contributed by atoms with E-state index in [2.05, 4.69) is 216 Å². The Labute approximate surface area is 650 Å². The summed E-state index contributed by atoms with van der Waals surface area (Å²) in [5.41, 5.74) is 0. The van der Waals surface area contributed by atoms with Crippen molar-refractivity contribution in [1.29, 1.82) is 0 Å². The maximum atomic E-state index is 13.1. The first-order chi connectivity index (χ1) is 52.7. The average molecular weight is 1540 g/mol. The third-order valence-electron chi connectivity index (χ3n) is 14.8. The summed E-state index contributed by atoms with van der Waals surface area (Å²) >= 11 is 0. The number of carbonyl (C=O) groups excluding carboxylic acids is 4. The lowest BCUT2D eigenvalue weighted by Crippen LogP contribution is -2.30. The van der Waals surface area contributed by atoms with Crippen molar-refractivity contribution in [3.63, 3.8) is 0 Å². The van der Waals surface area contributed by atoms with Crippen molar-refractivity contribution >= 4 is 39.5 Å². The van der Waals surface area contributed by atoms with Gasteiger partial charge in [-0.15, -0.1) is 0 Å². The zero-order valence-corrected chi connectivity index (χ0v) is 67.4. The van der Waals surface area contributed by atoms with Gasteiger partial charge < -0.3 is 33.8 Å². The van der Waals surface area contributed by atoms with E-state index in [1.807, 2.05) is 42.5 Å². The predicted molar refractivity (Wildman–Crippen MR) is 444 cm³/mol. The highest BCUT2D eigenvalue weighted by Gasteiger charge is 2.30. The first-order valence-corrected chi connectivity index (χ1v) is 42.3. The number of unbranched alkanes of at least 4 members (excludes halogenated alkanes) is 5. The highest BCUT2D eigenvalue weighted by molar-refractivity contribution is 7.47. The summed E-state index contributed by atoms with van der Waals surface area (Å²) in [6.07, 6.45) is 102. The van der Waals surface area contributed by atoms with Gasteiger partial charge in [0.15, 0.2) is 12.2 Å². The first kappa shape index (κ1) is 101. The molecular formula is C89H134O17P2. The molecule has 0 aromatic rings. The minimum absolute atomic E-state index is 0.0157. The number of phosphoric acid groups is 2. The van der Waals surface area contributed by atoms with Gasteiger partial charge in [-0.3, -0.25) is 37.3 Å². The number of phosphoric ester groups is 2. The molecule has 0 aliphatic rings. The van der Waals surface area contributed by atoms with E-state index >= 15 is 0 Å². The molecule has 0 fully saturated rings. The normalized spacial score (nSPS) is 15.1. The van der Waals surface area contributed by atoms with Crippen LogP contribution < -0.4 is 0 Å². The maximum Gasteiger partial charge on any atom is 0.472 e. The summed E-state index contributed by atoms with van der Waals surface area (Å²) in [7, 11) is -10.1. The Balaban J connectivity index is 5.61. The minimum atomic E-state index is -5.04. The van der Waals surface area contributed by atoms with Crippen LogP contribution in [0.1, 0.15) is 233 Å². The highest BCUT2D eigenvalue weighted by atomic mass is 31.2. The highest BCUT2D eigenvalue weighted by Crippen LogP contribution is 2.45. The van der Waals surface area contributed by atoms with Gasteiger partial charge >= 0.3 is 39.5 Å². The third kappa shape index (κ3) is 77.0. The van der Waals surface area contributed by atoms with Crippen molar-refractivity contribution in [2.45, 2.75) is 251 Å². The molecule has 17 nitrogen and oxygen atoms in total. The van der Waals surface area contributed by atoms with Crippen molar-refractivity contribution in [2.75, 3.05) is 39.6 Å². The Morgan fingerprint density at radius 3 is 0.852 bits per heavy atom. The Bertz CT molecular complexity index is 3010. The van der Waals surface area contributed by atoms with Crippen molar-refractivity contribution in [3.8, 4) is 0 Å². The second kappa shape index (κ2) is 78.0. The van der Waals surface area contributed by atoms with Gasteiger partial charge in [0.1, 0.15) is 19.3 Å². The number of hydrogen-bond acceptors (Lipinski definition) is 15. The third-order valence-corrected chi connectivity index (χ3v) is 16.7. The average Bonchev–Trinajstić information content (AvgIpc) is 0.906. The number of rotatable bonds is 70. The zero-order chi connectivity index (χ0) is 78.9. The van der Waals surface area contributed by atoms with Crippen molar-refractivity contribution in [2.24, 2.45) is 0 Å². The standard InChI is InChI=1S/C89H134O17P2/c1-5-9-13-17-21-25-29-33-37-40-41-44-47-50-54-58-62-66-70-74-87(92)100-80-85(106-89(94)76-72-68-64-60-56-52-48-43-39-35-31-27-23-19-15-11-7-3)82-104-108(97,98)102-78-83(90)77-101-107(95,96)103-81-84(105-88(93)75-71-67-63-59-55-51-45-36-32-28-24-20-16-12-8-4)79-99-86(91)73-69-65-61-57-53-49-46-42-38-34-30-26-22-18-14-10-6-2/h9-16,21-28,33-39,41,44-46,48-50,52,54-55,57,59,61-62,66-67,71,83-85,90H,5-8,17-20,29-32,40,42-43,47,51,53,56,58,60,63-65,68-70,72-82H2,1-4H3,(H,95,96)(H,97,98)/b13-9-,14-10-,15-11-,16-12-,25-21-,26-22-,27-23-,28-24-,37-33-,38-34-,39-35-,44-41-,45-36-,49-46-,52-48-,54-50-,59-55-,61-57-,66-62-,71-67-. The fraction of sp³-hybridized carbons (Fsp3) is 0.506. The number of hydrogen-bond donors (Lipinski definition) is 3. The quantitative estimate of drug-likeness (QED) is 0.0169. The molecule has 0 spiro atoms. The molecular weight excluding hydrogens is 1400 g/mol. The second-order valence-electron chi connectivity index (χ2n) is 24.8. The lowest BCUT2D eigenvalue weighted by molar-refractivity contribution is -0.161. The first-order valence-electron chi connectivity index (χ1n) is 39.3. The van der Waals surface area contributed by atoms with Crippen LogP contribution in [0.3, 0.4) is 0 Å². The van der Waals surface area contributed by atoms with Crippen LogP contribution in [0, 0.1) is 0 Å². The molecule has 108 heavy (non-hydrogen) atoms. The van der Waals surface area contributed by atoms with E-state index in [4.69, 9.17) is 37.0 Å². The molecule has 0 saturated carbocycles. The summed E-state index contributed by atoms with van der Waals surface area (Å²) < 4.78 is 68.3. The van der Waals surface area contributed by atoms with Crippen LogP contribution in [0.15, 0.2) is 243 Å². The van der Waals surface area contributed by atoms with E-state index in [-0.39, 0.29) is 25.7 Å². The predicted octanol–water partition coefficient (Wildman–Crippen LogP) is 23.2. The molecule has 5 unspecified atom stereocenters. The zero-order valence-electron chi connectivity index (χ0n) is 65.6. The van der Waals surface area contributed by atoms with E-state index in [0.29, 0.717) is 38.5 Å².